The fraction of sp³-hybridized carbons (Fsp3) is 0.828. The van der Waals surface area contributed by atoms with Gasteiger partial charge in [-0.1, -0.05) is 39.5 Å². The van der Waals surface area contributed by atoms with E-state index in [9.17, 15) is 0 Å². The monoisotopic (exact) mass is 526 g/mol. The van der Waals surface area contributed by atoms with Crippen molar-refractivity contribution in [2.45, 2.75) is 128 Å². The molecule has 3 heterocycles. The third kappa shape index (κ3) is 6.77. The first-order valence-electron chi connectivity index (χ1n) is 15.5. The van der Waals surface area contributed by atoms with Crippen molar-refractivity contribution in [3.63, 3.8) is 0 Å². The van der Waals surface area contributed by atoms with Gasteiger partial charge < -0.3 is 25.8 Å². The number of hydrogen-bond acceptors (Lipinski definition) is 8. The van der Waals surface area contributed by atoms with Gasteiger partial charge in [-0.2, -0.15) is 9.97 Å². The molecular formula is C29H50N8O. The van der Waals surface area contributed by atoms with E-state index < -0.39 is 0 Å². The molecule has 0 spiro atoms. The van der Waals surface area contributed by atoms with E-state index in [0.717, 1.165) is 88.0 Å². The average Bonchev–Trinajstić information content (AvgIpc) is 3.60. The van der Waals surface area contributed by atoms with Crippen molar-refractivity contribution in [3.8, 4) is 0 Å². The molecule has 1 atom stereocenters. The summed E-state index contributed by atoms with van der Waals surface area (Å²) in [5.74, 6) is 2.17. The van der Waals surface area contributed by atoms with Crippen molar-refractivity contribution < 1.29 is 4.74 Å². The number of nitrogens with two attached hydrogens (primary N) is 1. The van der Waals surface area contributed by atoms with Gasteiger partial charge in [-0.05, 0) is 70.1 Å². The maximum Gasteiger partial charge on any atom is 0.227 e. The van der Waals surface area contributed by atoms with Crippen molar-refractivity contribution in [1.82, 2.24) is 24.5 Å². The molecule has 2 aromatic heterocycles. The normalized spacial score (nSPS) is 24.7. The van der Waals surface area contributed by atoms with Gasteiger partial charge in [-0.25, -0.2) is 9.99 Å². The van der Waals surface area contributed by atoms with E-state index in [0.29, 0.717) is 36.1 Å². The van der Waals surface area contributed by atoms with Crippen LogP contribution in [0.2, 0.25) is 0 Å². The van der Waals surface area contributed by atoms with E-state index >= 15 is 0 Å². The van der Waals surface area contributed by atoms with Gasteiger partial charge in [0.15, 0.2) is 17.0 Å². The predicted molar refractivity (Wildman–Crippen MR) is 154 cm³/mol. The second-order valence-corrected chi connectivity index (χ2v) is 11.9. The van der Waals surface area contributed by atoms with Crippen LogP contribution in [0.25, 0.3) is 11.2 Å². The Balaban J connectivity index is 1.29. The van der Waals surface area contributed by atoms with E-state index in [1.54, 1.807) is 0 Å². The van der Waals surface area contributed by atoms with Crippen molar-refractivity contribution in [2.75, 3.05) is 30.4 Å². The van der Waals surface area contributed by atoms with Crippen LogP contribution < -0.4 is 16.5 Å². The Kier molecular flexibility index (Phi) is 9.73. The summed E-state index contributed by atoms with van der Waals surface area (Å²) in [5.41, 5.74) is 11.6. The first kappa shape index (κ1) is 27.6. The van der Waals surface area contributed by atoms with Gasteiger partial charge in [0, 0.05) is 37.8 Å². The smallest absolute Gasteiger partial charge is 0.227 e. The number of anilines is 2. The summed E-state index contributed by atoms with van der Waals surface area (Å²) < 4.78 is 8.63. The van der Waals surface area contributed by atoms with Gasteiger partial charge in [0.05, 0.1) is 12.4 Å². The van der Waals surface area contributed by atoms with Gasteiger partial charge >= 0.3 is 0 Å². The standard InChI is InChI=1S/C29H50N8O/c1-3-5-19-38-25(8-4-2)21-15-17-36(18-16-21)35-27-26-28(37(20-31-26)24-9-6-7-10-24)34-29(33-27)32-23-13-11-22(30)12-14-23/h20-25H,3-19,30H2,1-2H3,(H2,32,33,34,35). The van der Waals surface area contributed by atoms with Crippen LogP contribution in [0, 0.1) is 5.92 Å². The summed E-state index contributed by atoms with van der Waals surface area (Å²) in [6, 6.07) is 1.19. The summed E-state index contributed by atoms with van der Waals surface area (Å²) in [4.78, 5) is 14.8. The van der Waals surface area contributed by atoms with Crippen LogP contribution in [0.1, 0.15) is 110 Å². The van der Waals surface area contributed by atoms with Crippen LogP contribution in [-0.4, -0.2) is 62.4 Å². The molecule has 2 aliphatic carbocycles. The third-order valence-corrected chi connectivity index (χ3v) is 8.98. The number of imidazole rings is 1. The van der Waals surface area contributed by atoms with Gasteiger partial charge in [0.2, 0.25) is 5.95 Å². The molecule has 9 nitrogen and oxygen atoms in total. The molecule has 2 saturated carbocycles. The second-order valence-electron chi connectivity index (χ2n) is 11.9. The average molecular weight is 527 g/mol. The van der Waals surface area contributed by atoms with Crippen LogP contribution in [0.4, 0.5) is 11.8 Å². The molecular weight excluding hydrogens is 476 g/mol. The zero-order valence-corrected chi connectivity index (χ0v) is 23.7. The summed E-state index contributed by atoms with van der Waals surface area (Å²) in [6.07, 6.45) is 18.6. The number of nitrogens with zero attached hydrogens (tertiary/aromatic N) is 5. The quantitative estimate of drug-likeness (QED) is 0.305. The molecule has 9 heteroatoms. The Morgan fingerprint density at radius 2 is 1.76 bits per heavy atom. The van der Waals surface area contributed by atoms with Crippen LogP contribution in [0.3, 0.4) is 0 Å². The van der Waals surface area contributed by atoms with Crippen molar-refractivity contribution >= 4 is 22.9 Å². The zero-order chi connectivity index (χ0) is 26.3. The SMILES string of the molecule is CCCCOC(CCC)C1CCN(Nc2nc(NC3CCC(N)CC3)nc3c2ncn3C2CCCC2)CC1. The minimum atomic E-state index is 0.328. The van der Waals surface area contributed by atoms with Crippen molar-refractivity contribution in [1.29, 1.82) is 0 Å². The Labute approximate surface area is 228 Å². The Morgan fingerprint density at radius 3 is 2.47 bits per heavy atom. The van der Waals surface area contributed by atoms with Crippen LogP contribution in [-0.2, 0) is 4.74 Å². The molecule has 1 aliphatic heterocycles. The van der Waals surface area contributed by atoms with Gasteiger partial charge in [-0.15, -0.1) is 0 Å². The minimum Gasteiger partial charge on any atom is -0.378 e. The van der Waals surface area contributed by atoms with Gasteiger partial charge in [-0.3, -0.25) is 0 Å². The number of aromatic nitrogens is 4. The third-order valence-electron chi connectivity index (χ3n) is 8.98. The van der Waals surface area contributed by atoms with Gasteiger partial charge in [0.1, 0.15) is 0 Å². The summed E-state index contributed by atoms with van der Waals surface area (Å²) >= 11 is 0. The summed E-state index contributed by atoms with van der Waals surface area (Å²) in [6.45, 7) is 7.37. The lowest BCUT2D eigenvalue weighted by Crippen LogP contribution is -2.42. The lowest BCUT2D eigenvalue weighted by atomic mass is 9.89. The van der Waals surface area contributed by atoms with E-state index in [2.05, 4.69) is 34.2 Å². The molecule has 0 bridgehead atoms. The topological polar surface area (TPSA) is 106 Å². The molecule has 1 saturated heterocycles. The molecule has 0 amide bonds. The molecule has 5 rings (SSSR count). The highest BCUT2D eigenvalue weighted by molar-refractivity contribution is 5.84. The van der Waals surface area contributed by atoms with E-state index in [1.165, 1.54) is 38.5 Å². The van der Waals surface area contributed by atoms with Crippen molar-refractivity contribution in [3.05, 3.63) is 6.33 Å². The molecule has 2 aromatic rings. The molecule has 38 heavy (non-hydrogen) atoms. The first-order chi connectivity index (χ1) is 18.6. The zero-order valence-electron chi connectivity index (χ0n) is 23.7. The molecule has 212 valence electrons. The molecule has 1 unspecified atom stereocenters. The number of nitrogens with one attached hydrogen (secondary N) is 2. The Morgan fingerprint density at radius 1 is 1.00 bits per heavy atom. The van der Waals surface area contributed by atoms with E-state index in [1.807, 2.05) is 6.33 Å². The largest absolute Gasteiger partial charge is 0.378 e. The molecule has 0 radical (unpaired) electrons. The fourth-order valence-corrected chi connectivity index (χ4v) is 6.61. The van der Waals surface area contributed by atoms with Crippen LogP contribution in [0.5, 0.6) is 0 Å². The Hall–Kier alpha value is -1.97. The lowest BCUT2D eigenvalue weighted by Gasteiger charge is -2.36. The number of hydrogen-bond donors (Lipinski definition) is 3. The highest BCUT2D eigenvalue weighted by Crippen LogP contribution is 2.34. The number of ether oxygens (including phenoxy) is 1. The number of unbranched alkanes of at least 4 members (excludes halogenated alkanes) is 1. The molecule has 0 aromatic carbocycles. The molecule has 4 N–H and O–H groups in total. The van der Waals surface area contributed by atoms with Crippen molar-refractivity contribution in [2.24, 2.45) is 11.7 Å². The number of hydrazine groups is 1. The highest BCUT2D eigenvalue weighted by Gasteiger charge is 2.28. The first-order valence-corrected chi connectivity index (χ1v) is 15.5. The maximum atomic E-state index is 6.33. The highest BCUT2D eigenvalue weighted by atomic mass is 16.5. The predicted octanol–water partition coefficient (Wildman–Crippen LogP) is 5.65. The minimum absolute atomic E-state index is 0.328. The number of rotatable bonds is 12. The lowest BCUT2D eigenvalue weighted by molar-refractivity contribution is -0.0135. The van der Waals surface area contributed by atoms with E-state index in [4.69, 9.17) is 25.4 Å². The molecule has 3 aliphatic rings. The fourth-order valence-electron chi connectivity index (χ4n) is 6.61. The summed E-state index contributed by atoms with van der Waals surface area (Å²) in [5, 5.41) is 5.97. The summed E-state index contributed by atoms with van der Waals surface area (Å²) in [7, 11) is 0. The Bertz CT molecular complexity index is 990. The van der Waals surface area contributed by atoms with Crippen LogP contribution >= 0.6 is 0 Å². The van der Waals surface area contributed by atoms with Crippen LogP contribution in [0.15, 0.2) is 6.33 Å². The van der Waals surface area contributed by atoms with Gasteiger partial charge in [0.25, 0.3) is 0 Å². The maximum absolute atomic E-state index is 6.33. The number of piperidine rings is 1. The number of fused-ring (bicyclic) bond motifs is 1. The second kappa shape index (κ2) is 13.4. The molecule has 3 fully saturated rings. The van der Waals surface area contributed by atoms with E-state index in [-0.39, 0.29) is 0 Å².